The van der Waals surface area contributed by atoms with Crippen molar-refractivity contribution < 1.29 is 17.9 Å². The Hall–Kier alpha value is -1.85. The molecule has 0 saturated heterocycles. The average Bonchev–Trinajstić information content (AvgIpc) is 2.77. The van der Waals surface area contributed by atoms with Gasteiger partial charge in [-0.05, 0) is 18.4 Å². The van der Waals surface area contributed by atoms with E-state index in [1.807, 2.05) is 0 Å². The van der Waals surface area contributed by atoms with Crippen molar-refractivity contribution in [1.29, 1.82) is 5.26 Å². The molecule has 2 heterocycles. The highest BCUT2D eigenvalue weighted by Crippen LogP contribution is 2.38. The second kappa shape index (κ2) is 4.44. The molecule has 0 unspecified atom stereocenters. The fraction of sp³-hybridized carbons (Fsp3) is 0.200. The molecule has 0 amide bonds. The minimum absolute atomic E-state index is 0.0112. The number of nitrogens with zero attached hydrogens (tertiary/aromatic N) is 1. The molecule has 1 aromatic heterocycles. The molecule has 0 spiro atoms. The summed E-state index contributed by atoms with van der Waals surface area (Å²) in [6.45, 7) is 1.69. The molecule has 0 radical (unpaired) electrons. The van der Waals surface area contributed by atoms with Gasteiger partial charge in [0.2, 0.25) is 9.84 Å². The number of nitrogens with one attached hydrogen (secondary N) is 1. The number of hydrogen-bond donors (Lipinski definition) is 1. The number of fused-ring (bicyclic) bond motifs is 1. The summed E-state index contributed by atoms with van der Waals surface area (Å²) >= 11 is 1.14. The molecule has 1 aliphatic rings. The third-order valence-corrected chi connectivity index (χ3v) is 4.95. The zero-order valence-electron chi connectivity index (χ0n) is 9.26. The Morgan fingerprint density at radius 3 is 2.94 bits per heavy atom. The van der Waals surface area contributed by atoms with Crippen LogP contribution in [0.4, 0.5) is 5.00 Å². The van der Waals surface area contributed by atoms with Crippen molar-refractivity contribution in [2.45, 2.75) is 11.8 Å². The quantitative estimate of drug-likeness (QED) is 0.821. The summed E-state index contributed by atoms with van der Waals surface area (Å²) in [7, 11) is -3.94. The van der Waals surface area contributed by atoms with E-state index in [4.69, 9.17) is 10.00 Å². The number of ether oxygens (including phenoxy) is 1. The smallest absolute Gasteiger partial charge is 0.356 e. The van der Waals surface area contributed by atoms with E-state index < -0.39 is 20.7 Å². The Balaban J connectivity index is 2.62. The summed E-state index contributed by atoms with van der Waals surface area (Å²) in [5.41, 5.74) is -0.325. The van der Waals surface area contributed by atoms with Crippen LogP contribution in [0.15, 0.2) is 26.9 Å². The normalized spacial score (nSPS) is 16.4. The van der Waals surface area contributed by atoms with Crippen LogP contribution in [-0.4, -0.2) is 21.0 Å². The van der Waals surface area contributed by atoms with Crippen molar-refractivity contribution in [2.24, 2.45) is 0 Å². The molecule has 0 atom stereocenters. The van der Waals surface area contributed by atoms with Crippen LogP contribution in [0.2, 0.25) is 0 Å². The molecule has 94 valence electrons. The second-order valence-corrected chi connectivity index (χ2v) is 6.05. The number of thiophene rings is 1. The third kappa shape index (κ3) is 1.77. The Bertz CT molecular complexity index is 679. The molecule has 1 aliphatic heterocycles. The number of rotatable bonds is 2. The van der Waals surface area contributed by atoms with Crippen LogP contribution in [0.1, 0.15) is 6.92 Å². The second-order valence-electron chi connectivity index (χ2n) is 3.28. The molecule has 1 N–H and O–H groups in total. The van der Waals surface area contributed by atoms with E-state index in [-0.39, 0.29) is 17.2 Å². The highest BCUT2D eigenvalue weighted by molar-refractivity contribution is 7.96. The van der Waals surface area contributed by atoms with Crippen molar-refractivity contribution in [1.82, 2.24) is 0 Å². The van der Waals surface area contributed by atoms with Gasteiger partial charge in [0.1, 0.15) is 16.0 Å². The summed E-state index contributed by atoms with van der Waals surface area (Å²) in [5, 5.41) is 13.5. The van der Waals surface area contributed by atoms with Gasteiger partial charge >= 0.3 is 5.97 Å². The van der Waals surface area contributed by atoms with E-state index in [0.717, 1.165) is 11.3 Å². The highest BCUT2D eigenvalue weighted by atomic mass is 32.2. The summed E-state index contributed by atoms with van der Waals surface area (Å²) in [4.78, 5) is 11.0. The predicted molar refractivity (Wildman–Crippen MR) is 64.4 cm³/mol. The predicted octanol–water partition coefficient (Wildman–Crippen LogP) is 1.25. The highest BCUT2D eigenvalue weighted by Gasteiger charge is 2.36. The molecule has 0 aliphatic carbocycles. The van der Waals surface area contributed by atoms with Gasteiger partial charge in [0, 0.05) is 0 Å². The van der Waals surface area contributed by atoms with Crippen LogP contribution in [0.5, 0.6) is 0 Å². The molecule has 18 heavy (non-hydrogen) atoms. The Kier molecular flexibility index (Phi) is 3.11. The number of carbonyl (C=O) groups excluding carboxylic acids is 1. The zero-order valence-corrected chi connectivity index (χ0v) is 10.9. The largest absolute Gasteiger partial charge is 0.461 e. The topological polar surface area (TPSA) is 96.3 Å². The van der Waals surface area contributed by atoms with E-state index in [1.165, 1.54) is 6.07 Å². The summed E-state index contributed by atoms with van der Waals surface area (Å²) in [6, 6.07) is 2.94. The first-order valence-electron chi connectivity index (χ1n) is 4.93. The van der Waals surface area contributed by atoms with Crippen LogP contribution < -0.4 is 5.32 Å². The first-order valence-corrected chi connectivity index (χ1v) is 7.29. The Labute approximate surface area is 107 Å². The van der Waals surface area contributed by atoms with Gasteiger partial charge in [-0.3, -0.25) is 0 Å². The van der Waals surface area contributed by atoms with E-state index >= 15 is 0 Å². The monoisotopic (exact) mass is 284 g/mol. The number of nitriles is 1. The van der Waals surface area contributed by atoms with Gasteiger partial charge in [0.05, 0.1) is 6.61 Å². The lowest BCUT2D eigenvalue weighted by atomic mass is 10.4. The van der Waals surface area contributed by atoms with Gasteiger partial charge in [-0.15, -0.1) is 11.3 Å². The number of sulfone groups is 1. The molecule has 0 bridgehead atoms. The maximum atomic E-state index is 12.1. The summed E-state index contributed by atoms with van der Waals surface area (Å²) in [5.74, 6) is -0.850. The number of allylic oxidation sites excluding steroid dienone is 1. The fourth-order valence-electron chi connectivity index (χ4n) is 1.48. The van der Waals surface area contributed by atoms with Crippen LogP contribution in [0.3, 0.4) is 0 Å². The summed E-state index contributed by atoms with van der Waals surface area (Å²) in [6.07, 6.45) is 0. The maximum absolute atomic E-state index is 12.1. The Morgan fingerprint density at radius 2 is 2.33 bits per heavy atom. The summed E-state index contributed by atoms with van der Waals surface area (Å²) < 4.78 is 28.9. The van der Waals surface area contributed by atoms with Gasteiger partial charge in [0.25, 0.3) is 0 Å². The van der Waals surface area contributed by atoms with Gasteiger partial charge in [-0.1, -0.05) is 0 Å². The van der Waals surface area contributed by atoms with E-state index in [0.29, 0.717) is 5.00 Å². The molecule has 2 rings (SSSR count). The first kappa shape index (κ1) is 12.6. The minimum atomic E-state index is -3.94. The van der Waals surface area contributed by atoms with Crippen molar-refractivity contribution in [2.75, 3.05) is 11.9 Å². The standard InChI is InChI=1S/C10H8N2O4S2/c1-2-16-10(13)8-7(5-11)18(14,15)6-3-4-17-9(6)12-8/h3-4,12H,2H2,1H3. The minimum Gasteiger partial charge on any atom is -0.461 e. The zero-order chi connectivity index (χ0) is 13.3. The average molecular weight is 284 g/mol. The number of anilines is 1. The molecular formula is C10H8N2O4S2. The van der Waals surface area contributed by atoms with Gasteiger partial charge in [0.15, 0.2) is 10.6 Å². The molecule has 6 nitrogen and oxygen atoms in total. The number of carbonyl (C=O) groups is 1. The first-order chi connectivity index (χ1) is 8.52. The van der Waals surface area contributed by atoms with Crippen molar-refractivity contribution in [3.8, 4) is 6.07 Å². The Morgan fingerprint density at radius 1 is 1.61 bits per heavy atom. The number of hydrogen-bond acceptors (Lipinski definition) is 7. The van der Waals surface area contributed by atoms with Gasteiger partial charge < -0.3 is 10.1 Å². The number of esters is 1. The van der Waals surface area contributed by atoms with Crippen LogP contribution >= 0.6 is 11.3 Å². The lowest BCUT2D eigenvalue weighted by molar-refractivity contribution is -0.138. The van der Waals surface area contributed by atoms with Gasteiger partial charge in [-0.2, -0.15) is 5.26 Å². The van der Waals surface area contributed by atoms with Crippen LogP contribution in [-0.2, 0) is 19.4 Å². The van der Waals surface area contributed by atoms with Gasteiger partial charge in [-0.25, -0.2) is 13.2 Å². The van der Waals surface area contributed by atoms with Crippen LogP contribution in [0.25, 0.3) is 0 Å². The fourth-order valence-corrected chi connectivity index (χ4v) is 4.01. The molecular weight excluding hydrogens is 276 g/mol. The lowest BCUT2D eigenvalue weighted by Crippen LogP contribution is -2.24. The van der Waals surface area contributed by atoms with Crippen molar-refractivity contribution >= 4 is 32.1 Å². The molecule has 0 aromatic carbocycles. The van der Waals surface area contributed by atoms with E-state index in [2.05, 4.69) is 5.32 Å². The van der Waals surface area contributed by atoms with Crippen molar-refractivity contribution in [3.63, 3.8) is 0 Å². The molecule has 0 fully saturated rings. The van der Waals surface area contributed by atoms with Crippen LogP contribution in [0, 0.1) is 11.3 Å². The SMILES string of the molecule is CCOC(=O)C1=C(C#N)S(=O)(=O)c2ccsc2N1. The molecule has 0 saturated carbocycles. The molecule has 8 heteroatoms. The van der Waals surface area contributed by atoms with E-state index in [1.54, 1.807) is 18.4 Å². The third-order valence-electron chi connectivity index (χ3n) is 2.23. The van der Waals surface area contributed by atoms with Crippen molar-refractivity contribution in [3.05, 3.63) is 22.0 Å². The van der Waals surface area contributed by atoms with E-state index in [9.17, 15) is 13.2 Å². The lowest BCUT2D eigenvalue weighted by Gasteiger charge is -2.17. The molecule has 1 aromatic rings. The maximum Gasteiger partial charge on any atom is 0.356 e.